The molecule has 4 heteroatoms. The Morgan fingerprint density at radius 1 is 1.35 bits per heavy atom. The van der Waals surface area contributed by atoms with Gasteiger partial charge in [-0.2, -0.15) is 0 Å². The molecule has 1 N–H and O–H groups in total. The van der Waals surface area contributed by atoms with Gasteiger partial charge in [0.2, 0.25) is 5.91 Å². The normalized spacial score (nSPS) is 19.9. The molecular weight excluding hydrogens is 221 g/mol. The van der Waals surface area contributed by atoms with Crippen molar-refractivity contribution in [3.63, 3.8) is 0 Å². The first-order valence-electron chi connectivity index (χ1n) is 5.91. The summed E-state index contributed by atoms with van der Waals surface area (Å²) in [7, 11) is 0. The van der Waals surface area contributed by atoms with E-state index in [0.29, 0.717) is 12.1 Å². The van der Waals surface area contributed by atoms with Crippen LogP contribution in [0.25, 0.3) is 0 Å². The Morgan fingerprint density at radius 2 is 2.12 bits per heavy atom. The molecule has 0 radical (unpaired) electrons. The Labute approximate surface area is 100.0 Å². The van der Waals surface area contributed by atoms with Gasteiger partial charge in [0.05, 0.1) is 12.5 Å². The highest BCUT2D eigenvalue weighted by atomic mass is 19.1. The first-order valence-corrected chi connectivity index (χ1v) is 5.91. The van der Waals surface area contributed by atoms with Gasteiger partial charge in [-0.1, -0.05) is 0 Å². The van der Waals surface area contributed by atoms with Crippen LogP contribution in [0.5, 0.6) is 0 Å². The Bertz CT molecular complexity index is 372. The molecule has 0 aliphatic carbocycles. The van der Waals surface area contributed by atoms with E-state index < -0.39 is 0 Å². The monoisotopic (exact) mass is 237 g/mol. The molecule has 1 heterocycles. The van der Waals surface area contributed by atoms with Crippen molar-refractivity contribution in [3.8, 4) is 0 Å². The van der Waals surface area contributed by atoms with E-state index in [1.54, 1.807) is 12.1 Å². The Hall–Kier alpha value is -1.42. The fourth-order valence-corrected chi connectivity index (χ4v) is 1.92. The maximum Gasteiger partial charge on any atom is 0.226 e. The molecule has 0 aromatic heterocycles. The van der Waals surface area contributed by atoms with Crippen LogP contribution in [0.2, 0.25) is 0 Å². The van der Waals surface area contributed by atoms with Crippen LogP contribution in [0.15, 0.2) is 24.3 Å². The lowest BCUT2D eigenvalue weighted by Gasteiger charge is -2.21. The molecule has 0 saturated carbocycles. The van der Waals surface area contributed by atoms with Crippen molar-refractivity contribution in [2.24, 2.45) is 0 Å². The van der Waals surface area contributed by atoms with E-state index in [9.17, 15) is 9.18 Å². The molecule has 3 nitrogen and oxygen atoms in total. The van der Waals surface area contributed by atoms with Crippen molar-refractivity contribution in [1.82, 2.24) is 0 Å². The van der Waals surface area contributed by atoms with Crippen molar-refractivity contribution in [2.75, 3.05) is 11.9 Å². The second-order valence-corrected chi connectivity index (χ2v) is 4.25. The van der Waals surface area contributed by atoms with E-state index in [-0.39, 0.29) is 17.8 Å². The maximum atomic E-state index is 12.7. The SMILES string of the molecule is O=C(CC1CCCCO1)Nc1ccc(F)cc1. The van der Waals surface area contributed by atoms with Gasteiger partial charge in [0.15, 0.2) is 0 Å². The van der Waals surface area contributed by atoms with Gasteiger partial charge in [0.25, 0.3) is 0 Å². The van der Waals surface area contributed by atoms with Crippen molar-refractivity contribution < 1.29 is 13.9 Å². The summed E-state index contributed by atoms with van der Waals surface area (Å²) in [4.78, 5) is 11.7. The fourth-order valence-electron chi connectivity index (χ4n) is 1.92. The van der Waals surface area contributed by atoms with Gasteiger partial charge in [0.1, 0.15) is 5.82 Å². The molecule has 1 aromatic carbocycles. The van der Waals surface area contributed by atoms with Crippen LogP contribution in [0, 0.1) is 5.82 Å². The molecular formula is C13H16FNO2. The quantitative estimate of drug-likeness (QED) is 0.877. The third-order valence-electron chi connectivity index (χ3n) is 2.82. The third-order valence-corrected chi connectivity index (χ3v) is 2.82. The second-order valence-electron chi connectivity index (χ2n) is 4.25. The molecule has 92 valence electrons. The third kappa shape index (κ3) is 3.82. The van der Waals surface area contributed by atoms with Gasteiger partial charge in [-0.05, 0) is 43.5 Å². The lowest BCUT2D eigenvalue weighted by molar-refractivity contribution is -0.119. The van der Waals surface area contributed by atoms with E-state index in [0.717, 1.165) is 25.9 Å². The first kappa shape index (κ1) is 12.0. The number of amides is 1. The highest BCUT2D eigenvalue weighted by Gasteiger charge is 2.17. The molecule has 1 aliphatic rings. The summed E-state index contributed by atoms with van der Waals surface area (Å²) >= 11 is 0. The summed E-state index contributed by atoms with van der Waals surface area (Å²) < 4.78 is 18.1. The molecule has 1 aliphatic heterocycles. The molecule has 1 atom stereocenters. The predicted molar refractivity (Wildman–Crippen MR) is 63.2 cm³/mol. The summed E-state index contributed by atoms with van der Waals surface area (Å²) in [5.41, 5.74) is 0.618. The largest absolute Gasteiger partial charge is 0.378 e. The van der Waals surface area contributed by atoms with Crippen LogP contribution in [-0.4, -0.2) is 18.6 Å². The minimum Gasteiger partial charge on any atom is -0.378 e. The summed E-state index contributed by atoms with van der Waals surface area (Å²) in [5, 5.41) is 2.73. The Kier molecular flexibility index (Phi) is 4.09. The summed E-state index contributed by atoms with van der Waals surface area (Å²) in [6.07, 6.45) is 3.54. The average molecular weight is 237 g/mol. The van der Waals surface area contributed by atoms with Gasteiger partial charge < -0.3 is 10.1 Å². The van der Waals surface area contributed by atoms with Crippen LogP contribution < -0.4 is 5.32 Å². The number of hydrogen-bond donors (Lipinski definition) is 1. The van der Waals surface area contributed by atoms with Crippen LogP contribution in [0.3, 0.4) is 0 Å². The molecule has 0 bridgehead atoms. The fraction of sp³-hybridized carbons (Fsp3) is 0.462. The van der Waals surface area contributed by atoms with Gasteiger partial charge in [-0.3, -0.25) is 4.79 Å². The van der Waals surface area contributed by atoms with Gasteiger partial charge in [0, 0.05) is 12.3 Å². The number of carbonyl (C=O) groups excluding carboxylic acids is 1. The summed E-state index contributed by atoms with van der Waals surface area (Å²) in [5.74, 6) is -0.387. The van der Waals surface area contributed by atoms with Gasteiger partial charge in [-0.15, -0.1) is 0 Å². The van der Waals surface area contributed by atoms with E-state index >= 15 is 0 Å². The predicted octanol–water partition coefficient (Wildman–Crippen LogP) is 2.72. The lowest BCUT2D eigenvalue weighted by atomic mass is 10.1. The number of ether oxygens (including phenoxy) is 1. The molecule has 17 heavy (non-hydrogen) atoms. The maximum absolute atomic E-state index is 12.7. The standard InChI is InChI=1S/C13H16FNO2/c14-10-4-6-11(7-5-10)15-13(16)9-12-3-1-2-8-17-12/h4-7,12H,1-3,8-9H2,(H,15,16). The highest BCUT2D eigenvalue weighted by molar-refractivity contribution is 5.90. The molecule has 1 aromatic rings. The number of anilines is 1. The smallest absolute Gasteiger partial charge is 0.226 e. The minimum atomic E-state index is -0.307. The van der Waals surface area contributed by atoms with Crippen molar-refractivity contribution in [1.29, 1.82) is 0 Å². The zero-order valence-corrected chi connectivity index (χ0v) is 9.62. The van der Waals surface area contributed by atoms with Crippen LogP contribution in [-0.2, 0) is 9.53 Å². The highest BCUT2D eigenvalue weighted by Crippen LogP contribution is 2.16. The van der Waals surface area contributed by atoms with E-state index in [1.807, 2.05) is 0 Å². The van der Waals surface area contributed by atoms with Crippen LogP contribution >= 0.6 is 0 Å². The van der Waals surface area contributed by atoms with E-state index in [2.05, 4.69) is 5.32 Å². The molecule has 1 unspecified atom stereocenters. The van der Waals surface area contributed by atoms with Gasteiger partial charge in [-0.25, -0.2) is 4.39 Å². The number of nitrogens with one attached hydrogen (secondary N) is 1. The number of benzene rings is 1. The van der Waals surface area contributed by atoms with Gasteiger partial charge >= 0.3 is 0 Å². The van der Waals surface area contributed by atoms with Crippen molar-refractivity contribution in [2.45, 2.75) is 31.8 Å². The van der Waals surface area contributed by atoms with Crippen LogP contribution in [0.4, 0.5) is 10.1 Å². The lowest BCUT2D eigenvalue weighted by Crippen LogP contribution is -2.25. The molecule has 1 fully saturated rings. The molecule has 1 saturated heterocycles. The van der Waals surface area contributed by atoms with Crippen LogP contribution in [0.1, 0.15) is 25.7 Å². The van der Waals surface area contributed by atoms with E-state index in [1.165, 1.54) is 12.1 Å². The zero-order valence-electron chi connectivity index (χ0n) is 9.62. The Balaban J connectivity index is 1.82. The van der Waals surface area contributed by atoms with E-state index in [4.69, 9.17) is 4.74 Å². The Morgan fingerprint density at radius 3 is 2.76 bits per heavy atom. The number of hydrogen-bond acceptors (Lipinski definition) is 2. The number of carbonyl (C=O) groups is 1. The average Bonchev–Trinajstić information content (AvgIpc) is 2.33. The second kappa shape index (κ2) is 5.77. The molecule has 1 amide bonds. The molecule has 2 rings (SSSR count). The van der Waals surface area contributed by atoms with Crippen molar-refractivity contribution >= 4 is 11.6 Å². The first-order chi connectivity index (χ1) is 8.24. The van der Waals surface area contributed by atoms with Crippen molar-refractivity contribution in [3.05, 3.63) is 30.1 Å². The number of halogens is 1. The topological polar surface area (TPSA) is 38.3 Å². The summed E-state index contributed by atoms with van der Waals surface area (Å²) in [6.45, 7) is 0.745. The minimum absolute atomic E-state index is 0.0317. The zero-order chi connectivity index (χ0) is 12.1. The number of rotatable bonds is 3. The summed E-state index contributed by atoms with van der Waals surface area (Å²) in [6, 6.07) is 5.75. The molecule has 0 spiro atoms.